The Morgan fingerprint density at radius 1 is 1.10 bits per heavy atom. The summed E-state index contributed by atoms with van der Waals surface area (Å²) in [6.07, 6.45) is 0. The van der Waals surface area contributed by atoms with Gasteiger partial charge in [-0.05, 0) is 42.8 Å². The summed E-state index contributed by atoms with van der Waals surface area (Å²) in [5, 5.41) is 11.6. The maximum absolute atomic E-state index is 12.1. The van der Waals surface area contributed by atoms with E-state index in [9.17, 15) is 9.59 Å². The molecule has 4 nitrogen and oxygen atoms in total. The van der Waals surface area contributed by atoms with E-state index >= 15 is 0 Å². The van der Waals surface area contributed by atoms with Crippen molar-refractivity contribution < 1.29 is 14.7 Å². The Kier molecular flexibility index (Phi) is 4.20. The van der Waals surface area contributed by atoms with Crippen molar-refractivity contribution in [3.63, 3.8) is 0 Å². The van der Waals surface area contributed by atoms with Gasteiger partial charge in [-0.3, -0.25) is 4.79 Å². The lowest BCUT2D eigenvalue weighted by molar-refractivity contribution is 0.0696. The minimum Gasteiger partial charge on any atom is -0.478 e. The van der Waals surface area contributed by atoms with Crippen LogP contribution in [-0.2, 0) is 0 Å². The molecule has 0 aliphatic rings. The molecule has 2 rings (SSSR count). The second-order valence-electron chi connectivity index (χ2n) is 4.30. The van der Waals surface area contributed by atoms with Gasteiger partial charge < -0.3 is 10.4 Å². The average Bonchev–Trinajstić information content (AvgIpc) is 2.42. The predicted molar refractivity (Wildman–Crippen MR) is 80.2 cm³/mol. The van der Waals surface area contributed by atoms with Crippen LogP contribution in [0.2, 0.25) is 0 Å². The zero-order valence-electron chi connectivity index (χ0n) is 10.7. The minimum absolute atomic E-state index is 0.132. The molecule has 0 spiro atoms. The summed E-state index contributed by atoms with van der Waals surface area (Å²) >= 11 is 3.37. The second-order valence-corrected chi connectivity index (χ2v) is 5.16. The Labute approximate surface area is 124 Å². The van der Waals surface area contributed by atoms with E-state index in [1.807, 2.05) is 13.0 Å². The van der Waals surface area contributed by atoms with E-state index in [0.29, 0.717) is 11.3 Å². The van der Waals surface area contributed by atoms with E-state index in [1.165, 1.54) is 12.1 Å². The highest BCUT2D eigenvalue weighted by Gasteiger charge is 2.09. The van der Waals surface area contributed by atoms with E-state index in [4.69, 9.17) is 5.11 Å². The summed E-state index contributed by atoms with van der Waals surface area (Å²) in [6, 6.07) is 11.4. The van der Waals surface area contributed by atoms with Crippen molar-refractivity contribution in [1.29, 1.82) is 0 Å². The first-order valence-corrected chi connectivity index (χ1v) is 6.67. The molecule has 2 aromatic carbocycles. The molecule has 0 bridgehead atoms. The number of hydrogen-bond donors (Lipinski definition) is 2. The smallest absolute Gasteiger partial charge is 0.335 e. The van der Waals surface area contributed by atoms with Crippen LogP contribution >= 0.6 is 15.9 Å². The van der Waals surface area contributed by atoms with Gasteiger partial charge in [-0.2, -0.15) is 0 Å². The molecule has 5 heteroatoms. The molecule has 0 saturated heterocycles. The summed E-state index contributed by atoms with van der Waals surface area (Å²) in [5.74, 6) is -1.31. The van der Waals surface area contributed by atoms with E-state index in [-0.39, 0.29) is 11.5 Å². The van der Waals surface area contributed by atoms with Gasteiger partial charge in [-0.15, -0.1) is 0 Å². The minimum atomic E-state index is -1.03. The summed E-state index contributed by atoms with van der Waals surface area (Å²) in [6.45, 7) is 1.93. The Balaban J connectivity index is 2.21. The monoisotopic (exact) mass is 333 g/mol. The molecule has 0 aliphatic carbocycles. The van der Waals surface area contributed by atoms with Crippen molar-refractivity contribution in [1.82, 2.24) is 0 Å². The molecule has 0 atom stereocenters. The van der Waals surface area contributed by atoms with Crippen LogP contribution in [0.3, 0.4) is 0 Å². The Morgan fingerprint density at radius 3 is 2.50 bits per heavy atom. The number of hydrogen-bond acceptors (Lipinski definition) is 2. The number of carbonyl (C=O) groups excluding carboxylic acids is 1. The summed E-state index contributed by atoms with van der Waals surface area (Å²) < 4.78 is 0.851. The van der Waals surface area contributed by atoms with Gasteiger partial charge in [0.15, 0.2) is 0 Å². The lowest BCUT2D eigenvalue weighted by atomic mass is 10.1. The molecular weight excluding hydrogens is 322 g/mol. The van der Waals surface area contributed by atoms with Crippen molar-refractivity contribution in [3.8, 4) is 0 Å². The van der Waals surface area contributed by atoms with Crippen LogP contribution in [0.15, 0.2) is 46.9 Å². The second kappa shape index (κ2) is 5.88. The quantitative estimate of drug-likeness (QED) is 0.899. The Bertz CT molecular complexity index is 683. The van der Waals surface area contributed by atoms with Gasteiger partial charge in [0.1, 0.15) is 0 Å². The van der Waals surface area contributed by atoms with E-state index in [0.717, 1.165) is 10.0 Å². The van der Waals surface area contributed by atoms with Gasteiger partial charge in [-0.25, -0.2) is 4.79 Å². The molecule has 0 aromatic heterocycles. The fourth-order valence-electron chi connectivity index (χ4n) is 1.67. The van der Waals surface area contributed by atoms with Crippen LogP contribution < -0.4 is 5.32 Å². The number of carbonyl (C=O) groups is 2. The highest BCUT2D eigenvalue weighted by Crippen LogP contribution is 2.19. The van der Waals surface area contributed by atoms with Gasteiger partial charge in [0.25, 0.3) is 5.91 Å². The number of carboxylic acid groups (broad SMARTS) is 1. The third kappa shape index (κ3) is 3.24. The molecule has 0 aliphatic heterocycles. The standard InChI is InChI=1S/C15H12BrNO3/c1-9-5-6-10(8-13(9)16)14(18)17-12-4-2-3-11(7-12)15(19)20/h2-8H,1H3,(H,17,18)(H,19,20). The zero-order valence-corrected chi connectivity index (χ0v) is 12.3. The summed E-state index contributed by atoms with van der Waals surface area (Å²) in [5.41, 5.74) is 2.12. The molecule has 0 unspecified atom stereocenters. The first kappa shape index (κ1) is 14.3. The third-order valence-electron chi connectivity index (χ3n) is 2.80. The molecular formula is C15H12BrNO3. The van der Waals surface area contributed by atoms with E-state index in [1.54, 1.807) is 24.3 Å². The number of aromatic carboxylic acids is 1. The predicted octanol–water partition coefficient (Wildman–Crippen LogP) is 3.71. The molecule has 0 fully saturated rings. The molecule has 102 valence electrons. The van der Waals surface area contributed by atoms with Gasteiger partial charge in [-0.1, -0.05) is 28.1 Å². The van der Waals surface area contributed by atoms with Crippen LogP contribution in [0, 0.1) is 6.92 Å². The largest absolute Gasteiger partial charge is 0.478 e. The van der Waals surface area contributed by atoms with Crippen molar-refractivity contribution >= 4 is 33.5 Å². The maximum atomic E-state index is 12.1. The lowest BCUT2D eigenvalue weighted by Gasteiger charge is -2.07. The molecule has 0 radical (unpaired) electrons. The van der Waals surface area contributed by atoms with Gasteiger partial charge >= 0.3 is 5.97 Å². The van der Waals surface area contributed by atoms with Crippen LogP contribution in [0.4, 0.5) is 5.69 Å². The number of nitrogens with one attached hydrogen (secondary N) is 1. The molecule has 1 amide bonds. The highest BCUT2D eigenvalue weighted by molar-refractivity contribution is 9.10. The molecule has 2 N–H and O–H groups in total. The number of aryl methyl sites for hydroxylation is 1. The van der Waals surface area contributed by atoms with E-state index < -0.39 is 5.97 Å². The van der Waals surface area contributed by atoms with Gasteiger partial charge in [0, 0.05) is 15.7 Å². The highest BCUT2D eigenvalue weighted by atomic mass is 79.9. The summed E-state index contributed by atoms with van der Waals surface area (Å²) in [7, 11) is 0. The zero-order chi connectivity index (χ0) is 14.7. The molecule has 2 aromatic rings. The number of anilines is 1. The van der Waals surface area contributed by atoms with Crippen molar-refractivity contribution in [2.24, 2.45) is 0 Å². The van der Waals surface area contributed by atoms with Gasteiger partial charge in [0.2, 0.25) is 0 Å². The molecule has 0 heterocycles. The number of benzene rings is 2. The Hall–Kier alpha value is -2.14. The first-order valence-electron chi connectivity index (χ1n) is 5.88. The number of rotatable bonds is 3. The van der Waals surface area contributed by atoms with Crippen molar-refractivity contribution in [2.75, 3.05) is 5.32 Å². The molecule has 0 saturated carbocycles. The van der Waals surface area contributed by atoms with Crippen LogP contribution in [0.5, 0.6) is 0 Å². The fraction of sp³-hybridized carbons (Fsp3) is 0.0667. The number of carboxylic acids is 1. The maximum Gasteiger partial charge on any atom is 0.335 e. The fourth-order valence-corrected chi connectivity index (χ4v) is 2.05. The normalized spacial score (nSPS) is 10.1. The van der Waals surface area contributed by atoms with Crippen molar-refractivity contribution in [2.45, 2.75) is 6.92 Å². The van der Waals surface area contributed by atoms with Crippen molar-refractivity contribution in [3.05, 3.63) is 63.6 Å². The topological polar surface area (TPSA) is 66.4 Å². The first-order chi connectivity index (χ1) is 9.47. The van der Waals surface area contributed by atoms with E-state index in [2.05, 4.69) is 21.2 Å². The van der Waals surface area contributed by atoms with Gasteiger partial charge in [0.05, 0.1) is 5.56 Å². The van der Waals surface area contributed by atoms with Crippen LogP contribution in [0.1, 0.15) is 26.3 Å². The average molecular weight is 334 g/mol. The van der Waals surface area contributed by atoms with Crippen LogP contribution in [0.25, 0.3) is 0 Å². The number of amides is 1. The third-order valence-corrected chi connectivity index (χ3v) is 3.66. The lowest BCUT2D eigenvalue weighted by Crippen LogP contribution is -2.12. The Morgan fingerprint density at radius 2 is 1.85 bits per heavy atom. The number of halogens is 1. The SMILES string of the molecule is Cc1ccc(C(=O)Nc2cccc(C(=O)O)c2)cc1Br. The van der Waals surface area contributed by atoms with Crippen LogP contribution in [-0.4, -0.2) is 17.0 Å². The summed E-state index contributed by atoms with van der Waals surface area (Å²) in [4.78, 5) is 23.0. The molecule has 20 heavy (non-hydrogen) atoms.